The summed E-state index contributed by atoms with van der Waals surface area (Å²) in [5, 5.41) is 3.38. The number of rotatable bonds is 5. The topological polar surface area (TPSA) is 69.7 Å². The third kappa shape index (κ3) is 3.78. The summed E-state index contributed by atoms with van der Waals surface area (Å²) in [6.45, 7) is 1.78. The van der Waals surface area contributed by atoms with Crippen LogP contribution >= 0.6 is 0 Å². The first-order valence-electron chi connectivity index (χ1n) is 11.1. The summed E-state index contributed by atoms with van der Waals surface area (Å²) in [4.78, 5) is 14.5. The number of carbonyl (C=O) groups excluding carboxylic acids is 1. The molecule has 1 aliphatic heterocycles. The van der Waals surface area contributed by atoms with Crippen LogP contribution < -0.4 is 5.32 Å². The van der Waals surface area contributed by atoms with Crippen molar-refractivity contribution < 1.29 is 17.6 Å². The lowest BCUT2D eigenvalue weighted by atomic mass is 9.53. The van der Waals surface area contributed by atoms with Gasteiger partial charge >= 0.3 is 0 Å². The van der Waals surface area contributed by atoms with Crippen molar-refractivity contribution in [2.24, 2.45) is 17.8 Å². The minimum Gasteiger partial charge on any atom is -0.350 e. The summed E-state index contributed by atoms with van der Waals surface area (Å²) < 4.78 is 40.8. The molecule has 5 aliphatic rings. The van der Waals surface area contributed by atoms with E-state index in [2.05, 4.69) is 5.32 Å². The van der Waals surface area contributed by atoms with E-state index >= 15 is 0 Å². The standard InChI is InChI=1S/C22H30FN3O3S/c23-19-3-1-2-4-20(19)30(28,29)26-7-5-25(6-8-26)15-21(27)24-22-12-16-9-17(13-22)11-18(10-16)14-22/h1-4,16-18H,5-15H2,(H,24,27). The number of sulfonamides is 1. The Bertz CT molecular complexity index is 892. The average Bonchev–Trinajstić information content (AvgIpc) is 2.67. The smallest absolute Gasteiger partial charge is 0.246 e. The molecule has 4 saturated carbocycles. The first kappa shape index (κ1) is 20.4. The van der Waals surface area contributed by atoms with Gasteiger partial charge in [-0.25, -0.2) is 12.8 Å². The van der Waals surface area contributed by atoms with Gasteiger partial charge in [-0.05, 0) is 68.4 Å². The number of hydrogen-bond acceptors (Lipinski definition) is 4. The van der Waals surface area contributed by atoms with Crippen LogP contribution in [0.15, 0.2) is 29.2 Å². The van der Waals surface area contributed by atoms with Crippen LogP contribution in [0.25, 0.3) is 0 Å². The van der Waals surface area contributed by atoms with Crippen LogP contribution in [0.2, 0.25) is 0 Å². The average molecular weight is 436 g/mol. The van der Waals surface area contributed by atoms with E-state index in [1.807, 2.05) is 4.90 Å². The molecule has 0 spiro atoms. The molecule has 164 valence electrons. The number of piperazine rings is 1. The highest BCUT2D eigenvalue weighted by molar-refractivity contribution is 7.89. The fourth-order valence-electron chi connectivity index (χ4n) is 6.72. The van der Waals surface area contributed by atoms with Gasteiger partial charge in [0, 0.05) is 31.7 Å². The molecule has 0 unspecified atom stereocenters. The number of halogens is 1. The normalized spacial score (nSPS) is 34.2. The van der Waals surface area contributed by atoms with E-state index < -0.39 is 15.8 Å². The van der Waals surface area contributed by atoms with Gasteiger partial charge < -0.3 is 5.32 Å². The van der Waals surface area contributed by atoms with E-state index in [0.717, 1.165) is 43.1 Å². The molecule has 6 rings (SSSR count). The molecule has 5 fully saturated rings. The van der Waals surface area contributed by atoms with Gasteiger partial charge in [-0.2, -0.15) is 4.31 Å². The minimum atomic E-state index is -3.85. The molecule has 4 bridgehead atoms. The molecule has 30 heavy (non-hydrogen) atoms. The lowest BCUT2D eigenvalue weighted by molar-refractivity contribution is -0.128. The Morgan fingerprint density at radius 1 is 1.00 bits per heavy atom. The molecule has 1 amide bonds. The molecule has 0 aromatic heterocycles. The Morgan fingerprint density at radius 3 is 2.13 bits per heavy atom. The number of benzene rings is 1. The van der Waals surface area contributed by atoms with Gasteiger partial charge in [-0.15, -0.1) is 0 Å². The molecule has 4 aliphatic carbocycles. The Balaban J connectivity index is 1.16. The molecular formula is C22H30FN3O3S. The van der Waals surface area contributed by atoms with E-state index in [-0.39, 0.29) is 29.4 Å². The van der Waals surface area contributed by atoms with Crippen molar-refractivity contribution in [3.8, 4) is 0 Å². The van der Waals surface area contributed by atoms with E-state index in [1.165, 1.54) is 41.8 Å². The van der Waals surface area contributed by atoms with Crippen molar-refractivity contribution in [3.63, 3.8) is 0 Å². The molecule has 1 aromatic carbocycles. The van der Waals surface area contributed by atoms with Gasteiger partial charge in [-0.3, -0.25) is 9.69 Å². The monoisotopic (exact) mass is 435 g/mol. The molecule has 6 nitrogen and oxygen atoms in total. The van der Waals surface area contributed by atoms with Crippen molar-refractivity contribution in [1.29, 1.82) is 0 Å². The van der Waals surface area contributed by atoms with Crippen LogP contribution in [-0.2, 0) is 14.8 Å². The maximum Gasteiger partial charge on any atom is 0.246 e. The fourth-order valence-corrected chi connectivity index (χ4v) is 8.21. The van der Waals surface area contributed by atoms with Crippen LogP contribution in [-0.4, -0.2) is 61.8 Å². The molecule has 0 radical (unpaired) electrons. The molecule has 1 heterocycles. The maximum absolute atomic E-state index is 14.0. The summed E-state index contributed by atoms with van der Waals surface area (Å²) >= 11 is 0. The van der Waals surface area contributed by atoms with Gasteiger partial charge in [0.15, 0.2) is 0 Å². The van der Waals surface area contributed by atoms with Gasteiger partial charge in [0.1, 0.15) is 10.7 Å². The quantitative estimate of drug-likeness (QED) is 0.770. The minimum absolute atomic E-state index is 0.00182. The van der Waals surface area contributed by atoms with E-state index in [4.69, 9.17) is 0 Å². The lowest BCUT2D eigenvalue weighted by Gasteiger charge is -2.57. The summed E-state index contributed by atoms with van der Waals surface area (Å²) in [6.07, 6.45) is 7.40. The fraction of sp³-hybridized carbons (Fsp3) is 0.682. The zero-order valence-electron chi connectivity index (χ0n) is 17.2. The highest BCUT2D eigenvalue weighted by Gasteiger charge is 2.51. The second kappa shape index (κ2) is 7.57. The Hall–Kier alpha value is -1.51. The van der Waals surface area contributed by atoms with E-state index in [1.54, 1.807) is 0 Å². The third-order valence-corrected chi connectivity index (χ3v) is 9.53. The number of amides is 1. The largest absolute Gasteiger partial charge is 0.350 e. The first-order valence-corrected chi connectivity index (χ1v) is 12.6. The summed E-state index contributed by atoms with van der Waals surface area (Å²) in [7, 11) is -3.85. The van der Waals surface area contributed by atoms with Gasteiger partial charge in [-0.1, -0.05) is 12.1 Å². The molecular weight excluding hydrogens is 405 g/mol. The SMILES string of the molecule is O=C(CN1CCN(S(=O)(=O)c2ccccc2F)CC1)NC12CC3CC(CC(C3)C1)C2. The molecule has 1 N–H and O–H groups in total. The number of nitrogens with one attached hydrogen (secondary N) is 1. The zero-order chi connectivity index (χ0) is 20.9. The number of hydrogen-bond donors (Lipinski definition) is 1. The second-order valence-corrected chi connectivity index (χ2v) is 11.8. The first-order chi connectivity index (χ1) is 14.3. The highest BCUT2D eigenvalue weighted by Crippen LogP contribution is 2.55. The lowest BCUT2D eigenvalue weighted by Crippen LogP contribution is -2.61. The Morgan fingerprint density at radius 2 is 1.57 bits per heavy atom. The maximum atomic E-state index is 14.0. The van der Waals surface area contributed by atoms with Crippen LogP contribution in [0.4, 0.5) is 4.39 Å². The van der Waals surface area contributed by atoms with Gasteiger partial charge in [0.2, 0.25) is 15.9 Å². The van der Waals surface area contributed by atoms with Gasteiger partial charge in [0.05, 0.1) is 6.54 Å². The predicted octanol–water partition coefficient (Wildman–Crippen LogP) is 2.22. The zero-order valence-corrected chi connectivity index (χ0v) is 18.0. The van der Waals surface area contributed by atoms with Crippen molar-refractivity contribution in [2.45, 2.75) is 49.0 Å². The predicted molar refractivity (Wildman–Crippen MR) is 111 cm³/mol. The summed E-state index contributed by atoms with van der Waals surface area (Å²) in [5.74, 6) is 1.67. The third-order valence-electron chi connectivity index (χ3n) is 7.60. The number of carbonyl (C=O) groups is 1. The van der Waals surface area contributed by atoms with Crippen LogP contribution in [0.3, 0.4) is 0 Å². The van der Waals surface area contributed by atoms with Crippen molar-refractivity contribution >= 4 is 15.9 Å². The Labute approximate surface area is 177 Å². The van der Waals surface area contributed by atoms with E-state index in [0.29, 0.717) is 19.6 Å². The summed E-state index contributed by atoms with van der Waals surface area (Å²) in [5.41, 5.74) is 0.00182. The molecule has 1 aromatic rings. The Kier molecular flexibility index (Phi) is 5.14. The van der Waals surface area contributed by atoms with Crippen molar-refractivity contribution in [2.75, 3.05) is 32.7 Å². The highest BCUT2D eigenvalue weighted by atomic mass is 32.2. The number of nitrogens with zero attached hydrogens (tertiary/aromatic N) is 2. The molecule has 8 heteroatoms. The second-order valence-electron chi connectivity index (χ2n) is 9.86. The molecule has 1 saturated heterocycles. The van der Waals surface area contributed by atoms with Crippen molar-refractivity contribution in [1.82, 2.24) is 14.5 Å². The van der Waals surface area contributed by atoms with Crippen LogP contribution in [0, 0.1) is 23.6 Å². The van der Waals surface area contributed by atoms with Crippen LogP contribution in [0.1, 0.15) is 38.5 Å². The van der Waals surface area contributed by atoms with Crippen LogP contribution in [0.5, 0.6) is 0 Å². The van der Waals surface area contributed by atoms with Gasteiger partial charge in [0.25, 0.3) is 0 Å². The van der Waals surface area contributed by atoms with E-state index in [9.17, 15) is 17.6 Å². The molecule has 0 atom stereocenters. The summed E-state index contributed by atoms with van der Waals surface area (Å²) in [6, 6.07) is 5.48. The van der Waals surface area contributed by atoms with Crippen molar-refractivity contribution in [3.05, 3.63) is 30.1 Å².